The van der Waals surface area contributed by atoms with Crippen LogP contribution in [0.2, 0.25) is 5.02 Å². The highest BCUT2D eigenvalue weighted by Crippen LogP contribution is 2.35. The second-order valence-electron chi connectivity index (χ2n) is 4.58. The maximum absolute atomic E-state index is 6.24. The van der Waals surface area contributed by atoms with Gasteiger partial charge in [-0.05, 0) is 40.2 Å². The largest absolute Gasteiger partial charge is 0.483 e. The summed E-state index contributed by atoms with van der Waals surface area (Å²) >= 11 is 11.3. The maximum atomic E-state index is 6.24. The van der Waals surface area contributed by atoms with E-state index in [4.69, 9.17) is 22.1 Å². The topological polar surface area (TPSA) is 35.2 Å². The van der Waals surface area contributed by atoms with Gasteiger partial charge in [0, 0.05) is 27.2 Å². The highest BCUT2D eigenvalue weighted by Gasteiger charge is 2.16. The van der Waals surface area contributed by atoms with Crippen LogP contribution in [0, 0.1) is 0 Å². The molecule has 3 aromatic rings. The quantitative estimate of drug-likeness (QED) is 0.656. The molecule has 108 valence electrons. The normalized spacial score (nSPS) is 12.5. The van der Waals surface area contributed by atoms with Gasteiger partial charge in [0.1, 0.15) is 11.9 Å². The van der Waals surface area contributed by atoms with Crippen molar-refractivity contribution < 1.29 is 4.74 Å². The molecule has 0 fully saturated rings. The Kier molecular flexibility index (Phi) is 4.50. The summed E-state index contributed by atoms with van der Waals surface area (Å²) in [6, 6.07) is 15.7. The van der Waals surface area contributed by atoms with Crippen LogP contribution in [0.3, 0.4) is 0 Å². The van der Waals surface area contributed by atoms with Crippen LogP contribution in [0.1, 0.15) is 11.0 Å². The van der Waals surface area contributed by atoms with Gasteiger partial charge >= 0.3 is 0 Å². The van der Waals surface area contributed by atoms with E-state index in [1.807, 2.05) is 48.5 Å². The molecule has 0 radical (unpaired) electrons. The molecule has 3 rings (SSSR count). The second-order valence-corrected chi connectivity index (χ2v) is 7.48. The molecule has 0 saturated heterocycles. The van der Waals surface area contributed by atoms with Crippen molar-refractivity contribution in [2.75, 3.05) is 6.54 Å². The van der Waals surface area contributed by atoms with Gasteiger partial charge in [-0.15, -0.1) is 11.3 Å². The Hall–Kier alpha value is -1.07. The first-order chi connectivity index (χ1) is 10.2. The minimum Gasteiger partial charge on any atom is -0.483 e. The fourth-order valence-corrected chi connectivity index (χ4v) is 3.91. The predicted octanol–water partition coefficient (Wildman–Crippen LogP) is 5.40. The third-order valence-electron chi connectivity index (χ3n) is 3.23. The van der Waals surface area contributed by atoms with Crippen molar-refractivity contribution >= 4 is 49.6 Å². The first-order valence-electron chi connectivity index (χ1n) is 6.48. The van der Waals surface area contributed by atoms with E-state index in [1.54, 1.807) is 11.3 Å². The average Bonchev–Trinajstić information content (AvgIpc) is 2.93. The van der Waals surface area contributed by atoms with E-state index < -0.39 is 0 Å². The first kappa shape index (κ1) is 14.9. The van der Waals surface area contributed by atoms with Crippen molar-refractivity contribution in [2.45, 2.75) is 6.10 Å². The fourth-order valence-electron chi connectivity index (χ4n) is 2.21. The molecular formula is C16H13BrClNOS. The van der Waals surface area contributed by atoms with Crippen LogP contribution in [0.25, 0.3) is 10.8 Å². The summed E-state index contributed by atoms with van der Waals surface area (Å²) in [5, 5.41) is 2.71. The molecule has 2 nitrogen and oxygen atoms in total. The lowest BCUT2D eigenvalue weighted by Crippen LogP contribution is -2.17. The van der Waals surface area contributed by atoms with E-state index >= 15 is 0 Å². The molecule has 0 aliphatic heterocycles. The Bertz CT molecular complexity index is 774. The molecule has 0 aliphatic rings. The van der Waals surface area contributed by atoms with Gasteiger partial charge in [0.15, 0.2) is 0 Å². The number of halogens is 2. The standard InChI is InChI=1S/C16H13BrClNOS/c17-16-8-7-15(21-16)14(9-19)20-13-6-5-12(18)10-3-1-2-4-11(10)13/h1-8,14H,9,19H2. The molecule has 0 bridgehead atoms. The van der Waals surface area contributed by atoms with Crippen molar-refractivity contribution in [3.63, 3.8) is 0 Å². The molecule has 0 aliphatic carbocycles. The maximum Gasteiger partial charge on any atom is 0.145 e. The number of rotatable bonds is 4. The molecule has 0 saturated carbocycles. The highest BCUT2D eigenvalue weighted by atomic mass is 79.9. The minimum absolute atomic E-state index is 0.161. The van der Waals surface area contributed by atoms with Gasteiger partial charge < -0.3 is 10.5 Å². The van der Waals surface area contributed by atoms with Crippen LogP contribution < -0.4 is 10.5 Å². The van der Waals surface area contributed by atoms with E-state index in [0.717, 1.165) is 30.2 Å². The lowest BCUT2D eigenvalue weighted by molar-refractivity contribution is 0.221. The summed E-state index contributed by atoms with van der Waals surface area (Å²) in [6.45, 7) is 0.421. The van der Waals surface area contributed by atoms with Crippen LogP contribution in [0.15, 0.2) is 52.3 Å². The molecule has 5 heteroatoms. The van der Waals surface area contributed by atoms with Crippen LogP contribution in [-0.2, 0) is 0 Å². The molecule has 1 unspecified atom stereocenters. The lowest BCUT2D eigenvalue weighted by atomic mass is 10.1. The zero-order chi connectivity index (χ0) is 14.8. The van der Waals surface area contributed by atoms with Crippen molar-refractivity contribution in [3.8, 4) is 5.75 Å². The smallest absolute Gasteiger partial charge is 0.145 e. The van der Waals surface area contributed by atoms with Crippen molar-refractivity contribution in [3.05, 3.63) is 62.2 Å². The Morgan fingerprint density at radius 1 is 1.10 bits per heavy atom. The molecule has 2 N–H and O–H groups in total. The third kappa shape index (κ3) is 3.09. The van der Waals surface area contributed by atoms with E-state index in [9.17, 15) is 0 Å². The van der Waals surface area contributed by atoms with Crippen molar-refractivity contribution in [1.29, 1.82) is 0 Å². The molecule has 2 aromatic carbocycles. The summed E-state index contributed by atoms with van der Waals surface area (Å²) in [4.78, 5) is 1.10. The summed E-state index contributed by atoms with van der Waals surface area (Å²) in [5.74, 6) is 0.801. The molecule has 0 spiro atoms. The zero-order valence-electron chi connectivity index (χ0n) is 11.1. The Morgan fingerprint density at radius 3 is 2.52 bits per heavy atom. The van der Waals surface area contributed by atoms with Gasteiger partial charge in [-0.1, -0.05) is 35.9 Å². The van der Waals surface area contributed by atoms with Gasteiger partial charge in [-0.2, -0.15) is 0 Å². The highest BCUT2D eigenvalue weighted by molar-refractivity contribution is 9.11. The SMILES string of the molecule is NCC(Oc1ccc(Cl)c2ccccc12)c1ccc(Br)s1. The van der Waals surface area contributed by atoms with Gasteiger partial charge in [-0.3, -0.25) is 0 Å². The molecule has 1 aromatic heterocycles. The van der Waals surface area contributed by atoms with E-state index in [-0.39, 0.29) is 6.10 Å². The van der Waals surface area contributed by atoms with Gasteiger partial charge in [-0.25, -0.2) is 0 Å². The molecule has 1 atom stereocenters. The molecule has 21 heavy (non-hydrogen) atoms. The van der Waals surface area contributed by atoms with E-state index in [2.05, 4.69) is 15.9 Å². The number of hydrogen-bond acceptors (Lipinski definition) is 3. The average molecular weight is 383 g/mol. The van der Waals surface area contributed by atoms with Gasteiger partial charge in [0.25, 0.3) is 0 Å². The molecular weight excluding hydrogens is 370 g/mol. The summed E-state index contributed by atoms with van der Waals surface area (Å²) in [5.41, 5.74) is 5.88. The minimum atomic E-state index is -0.161. The number of fused-ring (bicyclic) bond motifs is 1. The Balaban J connectivity index is 1.99. The van der Waals surface area contributed by atoms with Crippen molar-refractivity contribution in [2.24, 2.45) is 5.73 Å². The number of thiophene rings is 1. The number of hydrogen-bond donors (Lipinski definition) is 1. The van der Waals surface area contributed by atoms with Crippen molar-refractivity contribution in [1.82, 2.24) is 0 Å². The second kappa shape index (κ2) is 6.36. The van der Waals surface area contributed by atoms with E-state index in [1.165, 1.54) is 0 Å². The number of ether oxygens (including phenoxy) is 1. The summed E-state index contributed by atoms with van der Waals surface area (Å²) in [6.07, 6.45) is -0.161. The first-order valence-corrected chi connectivity index (χ1v) is 8.47. The van der Waals surface area contributed by atoms with Crippen LogP contribution in [0.4, 0.5) is 0 Å². The summed E-state index contributed by atoms with van der Waals surface area (Å²) < 4.78 is 7.21. The Morgan fingerprint density at radius 2 is 1.86 bits per heavy atom. The van der Waals surface area contributed by atoms with Crippen LogP contribution >= 0.6 is 38.9 Å². The van der Waals surface area contributed by atoms with Gasteiger partial charge in [0.05, 0.1) is 3.79 Å². The van der Waals surface area contributed by atoms with Gasteiger partial charge in [0.2, 0.25) is 0 Å². The predicted molar refractivity (Wildman–Crippen MR) is 93.4 cm³/mol. The Labute approximate surface area is 140 Å². The van der Waals surface area contributed by atoms with E-state index in [0.29, 0.717) is 6.54 Å². The molecule has 0 amide bonds. The third-order valence-corrected chi connectivity index (χ3v) is 5.27. The summed E-state index contributed by atoms with van der Waals surface area (Å²) in [7, 11) is 0. The van der Waals surface area contributed by atoms with Crippen LogP contribution in [0.5, 0.6) is 5.75 Å². The number of benzene rings is 2. The number of nitrogens with two attached hydrogens (primary N) is 1. The zero-order valence-corrected chi connectivity index (χ0v) is 14.2. The fraction of sp³-hybridized carbons (Fsp3) is 0.125. The monoisotopic (exact) mass is 381 g/mol. The molecule has 1 heterocycles. The van der Waals surface area contributed by atoms with Crippen LogP contribution in [-0.4, -0.2) is 6.54 Å². The lowest BCUT2D eigenvalue weighted by Gasteiger charge is -2.18.